The third-order valence-electron chi connectivity index (χ3n) is 5.44. The van der Waals surface area contributed by atoms with Crippen molar-refractivity contribution < 1.29 is 9.21 Å². The maximum Gasteiger partial charge on any atom is 0.277 e. The van der Waals surface area contributed by atoms with Crippen molar-refractivity contribution in [2.24, 2.45) is 7.05 Å². The third-order valence-corrected chi connectivity index (χ3v) is 5.44. The van der Waals surface area contributed by atoms with E-state index in [9.17, 15) is 4.79 Å². The molecule has 8 heteroatoms. The summed E-state index contributed by atoms with van der Waals surface area (Å²) >= 11 is 0. The molecule has 1 aromatic carbocycles. The Bertz CT molecular complexity index is 1240. The number of aromatic nitrogens is 4. The maximum atomic E-state index is 13.0. The summed E-state index contributed by atoms with van der Waals surface area (Å²) in [5.41, 5.74) is 4.60. The number of oxazole rings is 1. The lowest BCUT2D eigenvalue weighted by Gasteiger charge is -2.22. The van der Waals surface area contributed by atoms with Crippen molar-refractivity contribution >= 4 is 28.2 Å². The molecule has 1 fully saturated rings. The van der Waals surface area contributed by atoms with E-state index in [0.29, 0.717) is 5.89 Å². The van der Waals surface area contributed by atoms with Crippen LogP contribution in [0.1, 0.15) is 29.0 Å². The number of aryl methyl sites for hydroxylation is 2. The average Bonchev–Trinajstić information content (AvgIpc) is 3.49. The van der Waals surface area contributed by atoms with Crippen LogP contribution in [-0.2, 0) is 7.05 Å². The lowest BCUT2D eigenvalue weighted by Crippen LogP contribution is -2.21. The fraction of sp³-hybridized carbons (Fsp3) is 0.273. The predicted octanol–water partition coefficient (Wildman–Crippen LogP) is 3.78. The molecule has 1 aliphatic heterocycles. The van der Waals surface area contributed by atoms with Crippen molar-refractivity contribution in [3.8, 4) is 11.5 Å². The van der Waals surface area contributed by atoms with Gasteiger partial charge in [-0.15, -0.1) is 0 Å². The summed E-state index contributed by atoms with van der Waals surface area (Å²) in [4.78, 5) is 23.8. The summed E-state index contributed by atoms with van der Waals surface area (Å²) in [6.07, 6.45) is 7.23. The fourth-order valence-corrected chi connectivity index (χ4v) is 3.88. The van der Waals surface area contributed by atoms with Crippen LogP contribution < -0.4 is 10.2 Å². The first-order chi connectivity index (χ1) is 14.6. The molecule has 1 N–H and O–H groups in total. The molecule has 3 aromatic heterocycles. The Labute approximate surface area is 173 Å². The fourth-order valence-electron chi connectivity index (χ4n) is 3.88. The van der Waals surface area contributed by atoms with Gasteiger partial charge in [0.25, 0.3) is 5.91 Å². The Hall–Kier alpha value is -3.68. The SMILES string of the molecule is Cc1cc(-c2nc(C(=O)Nc3cc4c(cnn4C)cc3N3CCCC3)co2)ccn1. The van der Waals surface area contributed by atoms with Gasteiger partial charge in [-0.05, 0) is 44.0 Å². The number of nitrogens with one attached hydrogen (secondary N) is 1. The number of carbonyl (C=O) groups is 1. The molecule has 0 spiro atoms. The Morgan fingerprint density at radius 1 is 1.20 bits per heavy atom. The molecule has 0 saturated carbocycles. The summed E-state index contributed by atoms with van der Waals surface area (Å²) in [7, 11) is 1.89. The number of anilines is 2. The second kappa shape index (κ2) is 7.29. The van der Waals surface area contributed by atoms with Gasteiger partial charge in [0.2, 0.25) is 5.89 Å². The number of carbonyl (C=O) groups excluding carboxylic acids is 1. The number of rotatable bonds is 4. The van der Waals surface area contributed by atoms with Gasteiger partial charge < -0.3 is 14.6 Å². The van der Waals surface area contributed by atoms with E-state index < -0.39 is 0 Å². The van der Waals surface area contributed by atoms with Crippen molar-refractivity contribution in [1.29, 1.82) is 0 Å². The highest BCUT2D eigenvalue weighted by molar-refractivity contribution is 6.06. The minimum atomic E-state index is -0.308. The number of nitrogens with zero attached hydrogens (tertiary/aromatic N) is 5. The quantitative estimate of drug-likeness (QED) is 0.559. The first-order valence-electron chi connectivity index (χ1n) is 9.99. The van der Waals surface area contributed by atoms with Crippen molar-refractivity contribution in [2.75, 3.05) is 23.3 Å². The summed E-state index contributed by atoms with van der Waals surface area (Å²) < 4.78 is 7.35. The summed E-state index contributed by atoms with van der Waals surface area (Å²) in [5, 5.41) is 8.42. The molecule has 0 aliphatic carbocycles. The smallest absolute Gasteiger partial charge is 0.277 e. The highest BCUT2D eigenvalue weighted by Crippen LogP contribution is 2.33. The van der Waals surface area contributed by atoms with E-state index >= 15 is 0 Å². The Kier molecular flexibility index (Phi) is 4.46. The standard InChI is InChI=1S/C22H22N6O2/c1-14-9-15(5-6-23-14)22-26-18(13-30-22)21(29)25-17-11-19-16(12-24-27(19)2)10-20(17)28-7-3-4-8-28/h5-6,9-13H,3-4,7-8H2,1-2H3,(H,25,29). The van der Waals surface area contributed by atoms with Gasteiger partial charge in [0.1, 0.15) is 6.26 Å². The largest absolute Gasteiger partial charge is 0.444 e. The highest BCUT2D eigenvalue weighted by atomic mass is 16.3. The van der Waals surface area contributed by atoms with Crippen molar-refractivity contribution in [3.63, 3.8) is 0 Å². The van der Waals surface area contributed by atoms with Gasteiger partial charge in [0, 0.05) is 43.0 Å². The number of pyridine rings is 1. The topological polar surface area (TPSA) is 89.1 Å². The zero-order chi connectivity index (χ0) is 20.7. The number of amides is 1. The van der Waals surface area contributed by atoms with Crippen molar-refractivity contribution in [1.82, 2.24) is 19.7 Å². The number of hydrogen-bond donors (Lipinski definition) is 1. The van der Waals surface area contributed by atoms with Crippen LogP contribution in [-0.4, -0.2) is 38.7 Å². The van der Waals surface area contributed by atoms with E-state index in [2.05, 4.69) is 31.3 Å². The minimum Gasteiger partial charge on any atom is -0.444 e. The van der Waals surface area contributed by atoms with Gasteiger partial charge in [0.05, 0.1) is 23.1 Å². The number of fused-ring (bicyclic) bond motifs is 1. The van der Waals surface area contributed by atoms with Gasteiger partial charge in [-0.3, -0.25) is 14.5 Å². The van der Waals surface area contributed by atoms with Crippen LogP contribution in [0.3, 0.4) is 0 Å². The molecular weight excluding hydrogens is 380 g/mol. The van der Waals surface area contributed by atoms with Crippen LogP contribution in [0, 0.1) is 6.92 Å². The molecule has 30 heavy (non-hydrogen) atoms. The highest BCUT2D eigenvalue weighted by Gasteiger charge is 2.21. The molecule has 4 heterocycles. The second-order valence-corrected chi connectivity index (χ2v) is 7.57. The lowest BCUT2D eigenvalue weighted by molar-refractivity contribution is 0.102. The first kappa shape index (κ1) is 18.4. The Morgan fingerprint density at radius 2 is 2.03 bits per heavy atom. The molecule has 0 bridgehead atoms. The molecule has 1 amide bonds. The minimum absolute atomic E-state index is 0.233. The zero-order valence-electron chi connectivity index (χ0n) is 16.9. The second-order valence-electron chi connectivity index (χ2n) is 7.57. The normalized spacial score (nSPS) is 13.9. The van der Waals surface area contributed by atoms with E-state index in [4.69, 9.17) is 4.42 Å². The molecule has 0 unspecified atom stereocenters. The predicted molar refractivity (Wildman–Crippen MR) is 115 cm³/mol. The molecule has 152 valence electrons. The average molecular weight is 402 g/mol. The Morgan fingerprint density at radius 3 is 2.83 bits per heavy atom. The van der Waals surface area contributed by atoms with Gasteiger partial charge in [-0.25, -0.2) is 4.98 Å². The molecular formula is C22H22N6O2. The van der Waals surface area contributed by atoms with E-state index in [1.165, 1.54) is 6.26 Å². The number of hydrogen-bond acceptors (Lipinski definition) is 6. The molecule has 1 aliphatic rings. The Balaban J connectivity index is 1.47. The molecule has 8 nitrogen and oxygen atoms in total. The van der Waals surface area contributed by atoms with Crippen molar-refractivity contribution in [3.05, 3.63) is 54.3 Å². The van der Waals surface area contributed by atoms with Crippen LogP contribution in [0.15, 0.2) is 47.3 Å². The van der Waals surface area contributed by atoms with Gasteiger partial charge in [-0.1, -0.05) is 0 Å². The molecule has 0 radical (unpaired) electrons. The van der Waals surface area contributed by atoms with Crippen LogP contribution >= 0.6 is 0 Å². The van der Waals surface area contributed by atoms with Crippen LogP contribution in [0.2, 0.25) is 0 Å². The maximum absolute atomic E-state index is 13.0. The van der Waals surface area contributed by atoms with Gasteiger partial charge in [0.15, 0.2) is 5.69 Å². The monoisotopic (exact) mass is 402 g/mol. The van der Waals surface area contributed by atoms with Crippen molar-refractivity contribution in [2.45, 2.75) is 19.8 Å². The molecule has 0 atom stereocenters. The van der Waals surface area contributed by atoms with Crippen LogP contribution in [0.4, 0.5) is 11.4 Å². The first-order valence-corrected chi connectivity index (χ1v) is 9.99. The molecule has 1 saturated heterocycles. The summed E-state index contributed by atoms with van der Waals surface area (Å²) in [6.45, 7) is 3.85. The van der Waals surface area contributed by atoms with Gasteiger partial charge in [-0.2, -0.15) is 5.10 Å². The van der Waals surface area contributed by atoms with Crippen LogP contribution in [0.5, 0.6) is 0 Å². The molecule has 5 rings (SSSR count). The van der Waals surface area contributed by atoms with Crippen LogP contribution in [0.25, 0.3) is 22.4 Å². The van der Waals surface area contributed by atoms with E-state index in [1.807, 2.05) is 38.4 Å². The van der Waals surface area contributed by atoms with E-state index in [0.717, 1.165) is 59.5 Å². The number of benzene rings is 1. The summed E-state index contributed by atoms with van der Waals surface area (Å²) in [6, 6.07) is 7.75. The van der Waals surface area contributed by atoms with Gasteiger partial charge >= 0.3 is 0 Å². The molecule has 4 aromatic rings. The van der Waals surface area contributed by atoms with E-state index in [1.54, 1.807) is 10.9 Å². The van der Waals surface area contributed by atoms with E-state index in [-0.39, 0.29) is 11.6 Å². The summed E-state index contributed by atoms with van der Waals surface area (Å²) in [5.74, 6) is 0.0882. The third kappa shape index (κ3) is 3.30. The lowest BCUT2D eigenvalue weighted by atomic mass is 10.1. The zero-order valence-corrected chi connectivity index (χ0v) is 16.9.